The molecule has 0 spiro atoms. The average molecular weight is 278 g/mol. The monoisotopic (exact) mass is 278 g/mol. The van der Waals surface area contributed by atoms with E-state index in [1.54, 1.807) is 11.8 Å². The number of amides is 1. The summed E-state index contributed by atoms with van der Waals surface area (Å²) in [4.78, 5) is 15.4. The van der Waals surface area contributed by atoms with Gasteiger partial charge >= 0.3 is 0 Å². The molecule has 1 aliphatic heterocycles. The van der Waals surface area contributed by atoms with Crippen molar-refractivity contribution in [3.63, 3.8) is 0 Å². The summed E-state index contributed by atoms with van der Waals surface area (Å²) in [6.45, 7) is 5.07. The summed E-state index contributed by atoms with van der Waals surface area (Å²) in [6.07, 6.45) is 3.51. The molecule has 2 N–H and O–H groups in total. The molecule has 3 nitrogen and oxygen atoms in total. The number of hydrogen-bond acceptors (Lipinski definition) is 3. The summed E-state index contributed by atoms with van der Waals surface area (Å²) >= 11 is 1.59. The van der Waals surface area contributed by atoms with E-state index in [1.807, 2.05) is 30.0 Å². The van der Waals surface area contributed by atoms with E-state index in [4.69, 9.17) is 5.73 Å². The highest BCUT2D eigenvalue weighted by atomic mass is 32.2. The lowest BCUT2D eigenvalue weighted by molar-refractivity contribution is -0.131. The molecule has 0 radical (unpaired) electrons. The molecular weight excluding hydrogens is 256 g/mol. The third-order valence-corrected chi connectivity index (χ3v) is 4.95. The molecule has 19 heavy (non-hydrogen) atoms. The van der Waals surface area contributed by atoms with E-state index in [9.17, 15) is 4.79 Å². The smallest absolute Gasteiger partial charge is 0.233 e. The molecule has 1 fully saturated rings. The van der Waals surface area contributed by atoms with Crippen LogP contribution in [0.3, 0.4) is 0 Å². The van der Waals surface area contributed by atoms with Crippen LogP contribution in [-0.4, -0.2) is 29.1 Å². The van der Waals surface area contributed by atoms with Crippen LogP contribution in [0.15, 0.2) is 23.1 Å². The summed E-state index contributed by atoms with van der Waals surface area (Å²) in [5.41, 5.74) is 7.75. The normalized spacial score (nSPS) is 19.5. The van der Waals surface area contributed by atoms with Crippen LogP contribution in [0.4, 0.5) is 5.69 Å². The zero-order valence-electron chi connectivity index (χ0n) is 11.7. The number of benzene rings is 1. The van der Waals surface area contributed by atoms with Gasteiger partial charge in [-0.05, 0) is 50.8 Å². The highest BCUT2D eigenvalue weighted by molar-refractivity contribution is 8.00. The van der Waals surface area contributed by atoms with Crippen molar-refractivity contribution in [1.82, 2.24) is 4.90 Å². The zero-order valence-corrected chi connectivity index (χ0v) is 12.5. The van der Waals surface area contributed by atoms with Crippen molar-refractivity contribution in [3.05, 3.63) is 23.8 Å². The Kier molecular flexibility index (Phi) is 4.75. The maximum atomic E-state index is 12.3. The standard InChI is InChI=1S/C15H22N2OS/c1-11-6-3-4-9-17(11)15(18)10-19-14-8-5-7-13(16)12(14)2/h5,7-8,11H,3-4,6,9-10,16H2,1-2H3. The lowest BCUT2D eigenvalue weighted by Crippen LogP contribution is -2.42. The highest BCUT2D eigenvalue weighted by Crippen LogP contribution is 2.27. The van der Waals surface area contributed by atoms with Gasteiger partial charge in [0.25, 0.3) is 0 Å². The molecule has 1 aromatic rings. The Hall–Kier alpha value is -1.16. The van der Waals surface area contributed by atoms with Crippen LogP contribution in [0.1, 0.15) is 31.7 Å². The fourth-order valence-corrected chi connectivity index (χ4v) is 3.43. The summed E-state index contributed by atoms with van der Waals surface area (Å²) < 4.78 is 0. The van der Waals surface area contributed by atoms with E-state index < -0.39 is 0 Å². The number of piperidine rings is 1. The SMILES string of the molecule is Cc1c(N)cccc1SCC(=O)N1CCCCC1C. The summed E-state index contributed by atoms with van der Waals surface area (Å²) in [6, 6.07) is 6.26. The summed E-state index contributed by atoms with van der Waals surface area (Å²) in [5, 5.41) is 0. The summed E-state index contributed by atoms with van der Waals surface area (Å²) in [7, 11) is 0. The van der Waals surface area contributed by atoms with Crippen molar-refractivity contribution in [2.24, 2.45) is 0 Å². The van der Waals surface area contributed by atoms with Crippen LogP contribution in [0.2, 0.25) is 0 Å². The maximum absolute atomic E-state index is 12.3. The highest BCUT2D eigenvalue weighted by Gasteiger charge is 2.23. The molecule has 104 valence electrons. The second kappa shape index (κ2) is 6.33. The van der Waals surface area contributed by atoms with Crippen LogP contribution in [-0.2, 0) is 4.79 Å². The number of nitrogens with zero attached hydrogens (tertiary/aromatic N) is 1. The van der Waals surface area contributed by atoms with Gasteiger partial charge in [-0.2, -0.15) is 0 Å². The molecule has 0 bridgehead atoms. The minimum Gasteiger partial charge on any atom is -0.398 e. The van der Waals surface area contributed by atoms with E-state index in [0.717, 1.165) is 35.5 Å². The van der Waals surface area contributed by atoms with Gasteiger partial charge in [0.1, 0.15) is 0 Å². The number of thioether (sulfide) groups is 1. The second-order valence-electron chi connectivity index (χ2n) is 5.19. The molecule has 0 aromatic heterocycles. The molecule has 0 aliphatic carbocycles. The minimum atomic E-state index is 0.249. The van der Waals surface area contributed by atoms with Crippen LogP contribution in [0.25, 0.3) is 0 Å². The molecule has 1 atom stereocenters. The molecular formula is C15H22N2OS. The van der Waals surface area contributed by atoms with Crippen molar-refractivity contribution in [3.8, 4) is 0 Å². The number of carbonyl (C=O) groups excluding carboxylic acids is 1. The number of carbonyl (C=O) groups is 1. The van der Waals surface area contributed by atoms with Gasteiger partial charge in [-0.3, -0.25) is 4.79 Å². The Morgan fingerprint density at radius 2 is 2.26 bits per heavy atom. The first-order chi connectivity index (χ1) is 9.09. The van der Waals surface area contributed by atoms with Crippen LogP contribution in [0.5, 0.6) is 0 Å². The largest absolute Gasteiger partial charge is 0.398 e. The van der Waals surface area contributed by atoms with Crippen molar-refractivity contribution in [2.75, 3.05) is 18.0 Å². The molecule has 1 heterocycles. The van der Waals surface area contributed by atoms with Crippen LogP contribution < -0.4 is 5.73 Å². The minimum absolute atomic E-state index is 0.249. The predicted octanol–water partition coefficient (Wildman–Crippen LogP) is 3.07. The number of nitrogen functional groups attached to an aromatic ring is 1. The van der Waals surface area contributed by atoms with Gasteiger partial charge in [-0.15, -0.1) is 11.8 Å². The van der Waals surface area contributed by atoms with Gasteiger partial charge in [0, 0.05) is 23.2 Å². The second-order valence-corrected chi connectivity index (χ2v) is 6.21. The first-order valence-electron chi connectivity index (χ1n) is 6.87. The van der Waals surface area contributed by atoms with Crippen molar-refractivity contribution >= 4 is 23.4 Å². The summed E-state index contributed by atoms with van der Waals surface area (Å²) in [5.74, 6) is 0.758. The van der Waals surface area contributed by atoms with Gasteiger partial charge in [0.05, 0.1) is 5.75 Å². The van der Waals surface area contributed by atoms with E-state index in [-0.39, 0.29) is 5.91 Å². The fraction of sp³-hybridized carbons (Fsp3) is 0.533. The van der Waals surface area contributed by atoms with Gasteiger partial charge in [-0.1, -0.05) is 6.07 Å². The molecule has 1 aliphatic rings. The third kappa shape index (κ3) is 3.44. The predicted molar refractivity (Wildman–Crippen MR) is 81.3 cm³/mol. The molecule has 1 aromatic carbocycles. The van der Waals surface area contributed by atoms with E-state index in [1.165, 1.54) is 6.42 Å². The number of hydrogen-bond donors (Lipinski definition) is 1. The van der Waals surface area contributed by atoms with Crippen molar-refractivity contribution < 1.29 is 4.79 Å². The third-order valence-electron chi connectivity index (χ3n) is 3.80. The van der Waals surface area contributed by atoms with E-state index >= 15 is 0 Å². The van der Waals surface area contributed by atoms with Gasteiger partial charge in [0.15, 0.2) is 0 Å². The molecule has 2 rings (SSSR count). The maximum Gasteiger partial charge on any atom is 0.233 e. The number of anilines is 1. The molecule has 4 heteroatoms. The van der Waals surface area contributed by atoms with Gasteiger partial charge in [0.2, 0.25) is 5.91 Å². The number of rotatable bonds is 3. The van der Waals surface area contributed by atoms with Crippen molar-refractivity contribution in [1.29, 1.82) is 0 Å². The first kappa shape index (κ1) is 14.3. The zero-order chi connectivity index (χ0) is 13.8. The van der Waals surface area contributed by atoms with Crippen molar-refractivity contribution in [2.45, 2.75) is 44.0 Å². The van der Waals surface area contributed by atoms with Gasteiger partial charge in [-0.25, -0.2) is 0 Å². The Labute approximate surface area is 119 Å². The van der Waals surface area contributed by atoms with E-state index in [2.05, 4.69) is 6.92 Å². The Balaban J connectivity index is 1.94. The number of nitrogens with two attached hydrogens (primary N) is 1. The molecule has 1 amide bonds. The van der Waals surface area contributed by atoms with Gasteiger partial charge < -0.3 is 10.6 Å². The van der Waals surface area contributed by atoms with E-state index in [0.29, 0.717) is 11.8 Å². The Bertz CT molecular complexity index is 461. The lowest BCUT2D eigenvalue weighted by Gasteiger charge is -2.33. The Morgan fingerprint density at radius 3 is 3.00 bits per heavy atom. The van der Waals surface area contributed by atoms with Crippen LogP contribution >= 0.6 is 11.8 Å². The topological polar surface area (TPSA) is 46.3 Å². The molecule has 0 saturated carbocycles. The quantitative estimate of drug-likeness (QED) is 0.683. The Morgan fingerprint density at radius 1 is 1.47 bits per heavy atom. The first-order valence-corrected chi connectivity index (χ1v) is 7.85. The lowest BCUT2D eigenvalue weighted by atomic mass is 10.0. The van der Waals surface area contributed by atoms with Crippen LogP contribution in [0, 0.1) is 6.92 Å². The fourth-order valence-electron chi connectivity index (χ4n) is 2.48. The number of likely N-dealkylation sites (tertiary alicyclic amines) is 1. The average Bonchev–Trinajstić information content (AvgIpc) is 2.40. The molecule has 1 unspecified atom stereocenters. The molecule has 1 saturated heterocycles.